The quantitative estimate of drug-likeness (QED) is 0.169. The maximum Gasteiger partial charge on any atom is 0.160 e. The molecular formula is C54H32N6. The van der Waals surface area contributed by atoms with Gasteiger partial charge in [-0.1, -0.05) is 115 Å². The van der Waals surface area contributed by atoms with E-state index in [0.29, 0.717) is 17.0 Å². The molecule has 3 aromatic heterocycles. The van der Waals surface area contributed by atoms with Crippen molar-refractivity contribution in [3.05, 3.63) is 205 Å². The van der Waals surface area contributed by atoms with E-state index in [2.05, 4.69) is 143 Å². The molecule has 6 heteroatoms. The Morgan fingerprint density at radius 1 is 0.350 bits per heavy atom. The van der Waals surface area contributed by atoms with Crippen molar-refractivity contribution in [3.63, 3.8) is 0 Å². The lowest BCUT2D eigenvalue weighted by Gasteiger charge is -2.19. The molecular weight excluding hydrogens is 733 g/mol. The van der Waals surface area contributed by atoms with E-state index < -0.39 is 0 Å². The summed E-state index contributed by atoms with van der Waals surface area (Å²) in [7, 11) is 0. The molecule has 0 aliphatic carbocycles. The van der Waals surface area contributed by atoms with Gasteiger partial charge in [0.05, 0.1) is 68.1 Å². The van der Waals surface area contributed by atoms with Crippen LogP contribution in [-0.2, 0) is 0 Å². The van der Waals surface area contributed by atoms with Crippen molar-refractivity contribution in [1.29, 1.82) is 10.5 Å². The molecule has 0 saturated carbocycles. The largest absolute Gasteiger partial charge is 0.309 e. The second-order valence-electron chi connectivity index (χ2n) is 14.8. The molecule has 0 aliphatic heterocycles. The molecule has 8 aromatic carbocycles. The van der Waals surface area contributed by atoms with Crippen LogP contribution in [0.5, 0.6) is 0 Å². The molecule has 0 atom stereocenters. The summed E-state index contributed by atoms with van der Waals surface area (Å²) >= 11 is 0. The Bertz CT molecular complexity index is 3510. The van der Waals surface area contributed by atoms with Gasteiger partial charge in [-0.05, 0) is 78.9 Å². The third-order valence-electron chi connectivity index (χ3n) is 11.4. The number of hydrogen-bond acceptors (Lipinski definition) is 4. The standard InChI is InChI=1S/C54H32N6/c55-33-35-23-26-51-43(29-35)40-17-7-10-20-48(40)59(51)50-22-12-9-19-42(50)45-31-39(54-57-46(37-13-3-1-4-14-37)32-47(58-54)38-15-5-2-6-16-38)25-28-53(45)60-49-21-11-8-18-41(49)44-30-36(34-56)24-27-52(44)60/h1-32H. The molecule has 0 N–H and O–H groups in total. The predicted octanol–water partition coefficient (Wildman–Crippen LogP) is 13.1. The third-order valence-corrected chi connectivity index (χ3v) is 11.4. The highest BCUT2D eigenvalue weighted by Gasteiger charge is 2.22. The van der Waals surface area contributed by atoms with E-state index in [-0.39, 0.29) is 0 Å². The van der Waals surface area contributed by atoms with Crippen LogP contribution in [0.2, 0.25) is 0 Å². The van der Waals surface area contributed by atoms with Crippen LogP contribution < -0.4 is 0 Å². The predicted molar refractivity (Wildman–Crippen MR) is 242 cm³/mol. The molecule has 0 saturated heterocycles. The van der Waals surface area contributed by atoms with Gasteiger partial charge >= 0.3 is 0 Å². The monoisotopic (exact) mass is 764 g/mol. The molecule has 278 valence electrons. The molecule has 0 amide bonds. The fourth-order valence-corrected chi connectivity index (χ4v) is 8.68. The Labute approximate surface area is 345 Å². The Balaban J connectivity index is 1.23. The van der Waals surface area contributed by atoms with Crippen LogP contribution in [-0.4, -0.2) is 19.1 Å². The molecule has 0 radical (unpaired) electrons. The highest BCUT2D eigenvalue weighted by atomic mass is 15.0. The number of fused-ring (bicyclic) bond motifs is 6. The van der Waals surface area contributed by atoms with Crippen molar-refractivity contribution in [1.82, 2.24) is 19.1 Å². The van der Waals surface area contributed by atoms with Gasteiger partial charge in [0.15, 0.2) is 5.82 Å². The van der Waals surface area contributed by atoms with Gasteiger partial charge in [0.25, 0.3) is 0 Å². The van der Waals surface area contributed by atoms with Crippen molar-refractivity contribution >= 4 is 43.6 Å². The van der Waals surface area contributed by atoms with E-state index in [1.807, 2.05) is 72.8 Å². The van der Waals surface area contributed by atoms with E-state index in [1.165, 1.54) is 0 Å². The van der Waals surface area contributed by atoms with Crippen LogP contribution in [0.1, 0.15) is 11.1 Å². The Morgan fingerprint density at radius 2 is 0.817 bits per heavy atom. The van der Waals surface area contributed by atoms with Crippen molar-refractivity contribution < 1.29 is 0 Å². The van der Waals surface area contributed by atoms with Gasteiger partial charge in [-0.3, -0.25) is 0 Å². The van der Waals surface area contributed by atoms with Crippen molar-refractivity contribution in [3.8, 4) is 68.5 Å². The zero-order chi connectivity index (χ0) is 40.2. The molecule has 0 bridgehead atoms. The number of rotatable bonds is 6. The van der Waals surface area contributed by atoms with Crippen molar-refractivity contribution in [2.24, 2.45) is 0 Å². The minimum absolute atomic E-state index is 0.613. The second kappa shape index (κ2) is 14.1. The molecule has 3 heterocycles. The summed E-state index contributed by atoms with van der Waals surface area (Å²) in [6.45, 7) is 0. The van der Waals surface area contributed by atoms with Gasteiger partial charge in [-0.2, -0.15) is 10.5 Å². The summed E-state index contributed by atoms with van der Waals surface area (Å²) in [5.74, 6) is 0.613. The highest BCUT2D eigenvalue weighted by Crippen LogP contribution is 2.42. The van der Waals surface area contributed by atoms with Gasteiger partial charge in [0, 0.05) is 49.4 Å². The number of nitriles is 2. The zero-order valence-corrected chi connectivity index (χ0v) is 32.2. The fraction of sp³-hybridized carbons (Fsp3) is 0. The summed E-state index contributed by atoms with van der Waals surface area (Å²) in [5, 5.41) is 24.0. The maximum absolute atomic E-state index is 9.92. The van der Waals surface area contributed by atoms with Gasteiger partial charge in [-0.15, -0.1) is 0 Å². The Hall–Kier alpha value is -8.58. The van der Waals surface area contributed by atoms with Crippen LogP contribution in [0, 0.1) is 22.7 Å². The second-order valence-corrected chi connectivity index (χ2v) is 14.8. The lowest BCUT2D eigenvalue weighted by molar-refractivity contribution is 1.15. The fourth-order valence-electron chi connectivity index (χ4n) is 8.68. The minimum atomic E-state index is 0.613. The van der Waals surface area contributed by atoms with Gasteiger partial charge in [-0.25, -0.2) is 9.97 Å². The molecule has 0 spiro atoms. The van der Waals surface area contributed by atoms with Crippen LogP contribution >= 0.6 is 0 Å². The highest BCUT2D eigenvalue weighted by molar-refractivity contribution is 6.12. The van der Waals surface area contributed by atoms with E-state index >= 15 is 0 Å². The third kappa shape index (κ3) is 5.63. The summed E-state index contributed by atoms with van der Waals surface area (Å²) in [4.78, 5) is 10.5. The van der Waals surface area contributed by atoms with E-state index in [1.54, 1.807) is 0 Å². The lowest BCUT2D eigenvalue weighted by atomic mass is 9.97. The Morgan fingerprint density at radius 3 is 1.37 bits per heavy atom. The first-order valence-electron chi connectivity index (χ1n) is 19.8. The summed E-state index contributed by atoms with van der Waals surface area (Å²) in [6, 6.07) is 70.9. The van der Waals surface area contributed by atoms with Crippen LogP contribution in [0.15, 0.2) is 194 Å². The average molecular weight is 765 g/mol. The summed E-state index contributed by atoms with van der Waals surface area (Å²) in [6.07, 6.45) is 0. The van der Waals surface area contributed by atoms with Crippen LogP contribution in [0.4, 0.5) is 0 Å². The molecule has 11 rings (SSSR count). The van der Waals surface area contributed by atoms with Gasteiger partial charge in [0.1, 0.15) is 0 Å². The van der Waals surface area contributed by atoms with Crippen molar-refractivity contribution in [2.45, 2.75) is 0 Å². The van der Waals surface area contributed by atoms with Gasteiger partial charge in [0.2, 0.25) is 0 Å². The maximum atomic E-state index is 9.92. The molecule has 0 aliphatic rings. The molecule has 0 fully saturated rings. The first-order chi connectivity index (χ1) is 29.7. The van der Waals surface area contributed by atoms with E-state index in [0.717, 1.165) is 94.2 Å². The normalized spacial score (nSPS) is 11.3. The number of aromatic nitrogens is 4. The smallest absolute Gasteiger partial charge is 0.160 e. The summed E-state index contributed by atoms with van der Waals surface area (Å²) in [5.41, 5.74) is 13.8. The SMILES string of the molecule is N#Cc1ccc2c(c1)c1ccccc1n2-c1ccccc1-c1cc(-c2nc(-c3ccccc3)cc(-c3ccccc3)n2)ccc1-n1c2ccccc2c2cc(C#N)ccc21. The number of benzene rings is 8. The number of nitrogens with zero attached hydrogens (tertiary/aromatic N) is 6. The molecule has 6 nitrogen and oxygen atoms in total. The lowest BCUT2D eigenvalue weighted by Crippen LogP contribution is -2.03. The first kappa shape index (κ1) is 34.7. The topological polar surface area (TPSA) is 83.2 Å². The molecule has 11 aromatic rings. The number of hydrogen-bond donors (Lipinski definition) is 0. The summed E-state index contributed by atoms with van der Waals surface area (Å²) < 4.78 is 4.62. The molecule has 60 heavy (non-hydrogen) atoms. The minimum Gasteiger partial charge on any atom is -0.309 e. The van der Waals surface area contributed by atoms with Crippen LogP contribution in [0.25, 0.3) is 100 Å². The molecule has 0 unspecified atom stereocenters. The van der Waals surface area contributed by atoms with E-state index in [4.69, 9.17) is 9.97 Å². The Kier molecular flexibility index (Phi) is 8.15. The van der Waals surface area contributed by atoms with Crippen LogP contribution in [0.3, 0.4) is 0 Å². The van der Waals surface area contributed by atoms with Gasteiger partial charge < -0.3 is 9.13 Å². The average Bonchev–Trinajstić information content (AvgIpc) is 3.83. The first-order valence-corrected chi connectivity index (χ1v) is 19.8. The number of para-hydroxylation sites is 3. The zero-order valence-electron chi connectivity index (χ0n) is 32.2. The van der Waals surface area contributed by atoms with Crippen molar-refractivity contribution in [2.75, 3.05) is 0 Å². The van der Waals surface area contributed by atoms with E-state index in [9.17, 15) is 10.5 Å².